The summed E-state index contributed by atoms with van der Waals surface area (Å²) in [5, 5.41) is 11.9. The highest BCUT2D eigenvalue weighted by molar-refractivity contribution is 8.00. The zero-order chi connectivity index (χ0) is 31.8. The molecule has 1 aromatic heterocycles. The third-order valence-corrected chi connectivity index (χ3v) is 9.03. The predicted molar refractivity (Wildman–Crippen MR) is 185 cm³/mol. The maximum atomic E-state index is 13.3. The van der Waals surface area contributed by atoms with E-state index < -0.39 is 11.8 Å². The molecule has 0 radical (unpaired) electrons. The fourth-order valence-corrected chi connectivity index (χ4v) is 5.87. The Balaban J connectivity index is 1.19. The predicted octanol–water partition coefficient (Wildman–Crippen LogP) is 8.91. The van der Waals surface area contributed by atoms with E-state index in [0.29, 0.717) is 42.7 Å². The third kappa shape index (κ3) is 8.97. The van der Waals surface area contributed by atoms with Gasteiger partial charge in [0.2, 0.25) is 5.91 Å². The molecule has 0 saturated heterocycles. The number of carbonyl (C=O) groups is 3. The number of anilines is 2. The first kappa shape index (κ1) is 32.3. The van der Waals surface area contributed by atoms with Gasteiger partial charge >= 0.3 is 0 Å². The zero-order valence-electron chi connectivity index (χ0n) is 23.2. The minimum absolute atomic E-state index is 0.0246. The molecule has 0 bridgehead atoms. The summed E-state index contributed by atoms with van der Waals surface area (Å²) in [5.41, 5.74) is 2.99. The molecule has 12 heteroatoms. The average molecular weight is 694 g/mol. The van der Waals surface area contributed by atoms with E-state index in [-0.39, 0.29) is 17.4 Å². The van der Waals surface area contributed by atoms with Crippen molar-refractivity contribution in [3.05, 3.63) is 134 Å². The number of thioether (sulfide) groups is 1. The first-order valence-electron chi connectivity index (χ1n) is 13.3. The first-order valence-corrected chi connectivity index (χ1v) is 16.3. The van der Waals surface area contributed by atoms with E-state index in [0.717, 1.165) is 10.5 Å². The van der Waals surface area contributed by atoms with Crippen LogP contribution in [0, 0.1) is 0 Å². The molecule has 0 aliphatic heterocycles. The van der Waals surface area contributed by atoms with E-state index in [1.54, 1.807) is 91.0 Å². The molecule has 0 aliphatic carbocycles. The monoisotopic (exact) mass is 692 g/mol. The minimum atomic E-state index is -0.525. The van der Waals surface area contributed by atoms with Gasteiger partial charge in [0.05, 0.1) is 21.5 Å². The number of amides is 3. The molecule has 0 saturated carbocycles. The molecule has 4 aromatic carbocycles. The Hall–Kier alpha value is -4.12. The second-order valence-electron chi connectivity index (χ2n) is 9.38. The molecule has 5 rings (SSSR count). The molecule has 0 aliphatic rings. The standard InChI is InChI=1S/C33H23Cl3N4O3S2/c34-25-9-5-4-8-21(25)17-28(38-31(42)20-6-2-1-3-7-20)32(43)37-23-11-13-24(14-12-23)44-19-30(41)40-33-39-29(18-45-33)22-10-15-26(35)27(36)16-22/h1-18H,19H2,(H,37,43)(H,38,42)(H,39,40,41)/b28-17-. The van der Waals surface area contributed by atoms with Gasteiger partial charge in [-0.1, -0.05) is 77.3 Å². The van der Waals surface area contributed by atoms with Crippen LogP contribution in [-0.4, -0.2) is 28.5 Å². The highest BCUT2D eigenvalue weighted by Gasteiger charge is 2.16. The molecule has 1 heterocycles. The van der Waals surface area contributed by atoms with E-state index in [4.69, 9.17) is 34.8 Å². The zero-order valence-corrected chi connectivity index (χ0v) is 27.1. The van der Waals surface area contributed by atoms with Gasteiger partial charge < -0.3 is 16.0 Å². The number of nitrogens with zero attached hydrogens (tertiary/aromatic N) is 1. The van der Waals surface area contributed by atoms with Crippen molar-refractivity contribution in [1.82, 2.24) is 10.3 Å². The number of hydrogen-bond acceptors (Lipinski definition) is 6. The number of benzene rings is 4. The molecular weight excluding hydrogens is 671 g/mol. The number of rotatable bonds is 10. The number of nitrogens with one attached hydrogen (secondary N) is 3. The maximum Gasteiger partial charge on any atom is 0.272 e. The van der Waals surface area contributed by atoms with E-state index >= 15 is 0 Å². The molecule has 0 atom stereocenters. The van der Waals surface area contributed by atoms with E-state index in [2.05, 4.69) is 20.9 Å². The van der Waals surface area contributed by atoms with Gasteiger partial charge in [-0.3, -0.25) is 14.4 Å². The summed E-state index contributed by atoms with van der Waals surface area (Å²) in [4.78, 5) is 44.0. The molecule has 0 fully saturated rings. The maximum absolute atomic E-state index is 13.3. The van der Waals surface area contributed by atoms with Crippen LogP contribution in [0.4, 0.5) is 10.8 Å². The number of halogens is 3. The van der Waals surface area contributed by atoms with E-state index in [1.165, 1.54) is 29.2 Å². The molecule has 0 spiro atoms. The van der Waals surface area contributed by atoms with Crippen molar-refractivity contribution in [2.45, 2.75) is 4.90 Å². The summed E-state index contributed by atoms with van der Waals surface area (Å²) in [6, 6.07) is 27.9. The van der Waals surface area contributed by atoms with Gasteiger partial charge in [0, 0.05) is 32.1 Å². The fraction of sp³-hybridized carbons (Fsp3) is 0.0303. The van der Waals surface area contributed by atoms with Crippen LogP contribution in [0.25, 0.3) is 17.3 Å². The second-order valence-corrected chi connectivity index (χ2v) is 12.5. The Morgan fingerprint density at radius 2 is 1.53 bits per heavy atom. The Morgan fingerprint density at radius 1 is 0.800 bits per heavy atom. The summed E-state index contributed by atoms with van der Waals surface area (Å²) in [6.07, 6.45) is 1.53. The summed E-state index contributed by atoms with van der Waals surface area (Å²) in [7, 11) is 0. The summed E-state index contributed by atoms with van der Waals surface area (Å²) < 4.78 is 0. The second kappa shape index (κ2) is 15.2. The van der Waals surface area contributed by atoms with Crippen molar-refractivity contribution in [2.75, 3.05) is 16.4 Å². The lowest BCUT2D eigenvalue weighted by Crippen LogP contribution is -2.30. The van der Waals surface area contributed by atoms with Crippen LogP contribution in [0.1, 0.15) is 15.9 Å². The Labute approximate surface area is 282 Å². The lowest BCUT2D eigenvalue weighted by atomic mass is 10.1. The van der Waals surface area contributed by atoms with Crippen molar-refractivity contribution in [1.29, 1.82) is 0 Å². The summed E-state index contributed by atoms with van der Waals surface area (Å²) >= 11 is 21.0. The van der Waals surface area contributed by atoms with Gasteiger partial charge in [-0.2, -0.15) is 0 Å². The van der Waals surface area contributed by atoms with Crippen LogP contribution in [0.15, 0.2) is 113 Å². The molecule has 0 unspecified atom stereocenters. The van der Waals surface area contributed by atoms with Gasteiger partial charge in [0.15, 0.2) is 5.13 Å². The normalized spacial score (nSPS) is 11.1. The van der Waals surface area contributed by atoms with Crippen LogP contribution >= 0.6 is 57.9 Å². The molecule has 3 N–H and O–H groups in total. The van der Waals surface area contributed by atoms with Gasteiger partial charge in [0.25, 0.3) is 11.8 Å². The molecule has 5 aromatic rings. The van der Waals surface area contributed by atoms with Gasteiger partial charge in [-0.05, 0) is 66.2 Å². The number of thiazole rings is 1. The topological polar surface area (TPSA) is 100 Å². The lowest BCUT2D eigenvalue weighted by molar-refractivity contribution is -0.114. The van der Waals surface area contributed by atoms with Crippen molar-refractivity contribution in [3.63, 3.8) is 0 Å². The average Bonchev–Trinajstić information content (AvgIpc) is 3.51. The Kier molecular flexibility index (Phi) is 10.9. The van der Waals surface area contributed by atoms with Crippen LogP contribution in [0.2, 0.25) is 15.1 Å². The van der Waals surface area contributed by atoms with Crippen LogP contribution < -0.4 is 16.0 Å². The molecular formula is C33H23Cl3N4O3S2. The smallest absolute Gasteiger partial charge is 0.272 e. The summed E-state index contributed by atoms with van der Waals surface area (Å²) in [6.45, 7) is 0. The van der Waals surface area contributed by atoms with Gasteiger partial charge in [-0.15, -0.1) is 23.1 Å². The van der Waals surface area contributed by atoms with Crippen molar-refractivity contribution >= 4 is 92.5 Å². The van der Waals surface area contributed by atoms with Crippen LogP contribution in [0.3, 0.4) is 0 Å². The largest absolute Gasteiger partial charge is 0.321 e. The van der Waals surface area contributed by atoms with Crippen LogP contribution in [-0.2, 0) is 9.59 Å². The Bertz CT molecular complexity index is 1880. The third-order valence-electron chi connectivity index (χ3n) is 6.18. The number of carbonyl (C=O) groups excluding carboxylic acids is 3. The fourth-order valence-electron chi connectivity index (χ4n) is 3.95. The molecule has 45 heavy (non-hydrogen) atoms. The molecule has 7 nitrogen and oxygen atoms in total. The SMILES string of the molecule is O=C(CSc1ccc(NC(=O)/C(=C/c2ccccc2Cl)NC(=O)c2ccccc2)cc1)Nc1nc(-c2ccc(Cl)c(Cl)c2)cs1. The van der Waals surface area contributed by atoms with E-state index in [9.17, 15) is 14.4 Å². The lowest BCUT2D eigenvalue weighted by Gasteiger charge is -2.12. The van der Waals surface area contributed by atoms with E-state index in [1.807, 2.05) is 11.4 Å². The minimum Gasteiger partial charge on any atom is -0.321 e. The van der Waals surface area contributed by atoms with Crippen molar-refractivity contribution < 1.29 is 14.4 Å². The van der Waals surface area contributed by atoms with Crippen molar-refractivity contribution in [3.8, 4) is 11.3 Å². The van der Waals surface area contributed by atoms with Gasteiger partial charge in [0.1, 0.15) is 5.70 Å². The summed E-state index contributed by atoms with van der Waals surface area (Å²) in [5.74, 6) is -1.01. The first-order chi connectivity index (χ1) is 21.7. The van der Waals surface area contributed by atoms with Crippen molar-refractivity contribution in [2.24, 2.45) is 0 Å². The number of hydrogen-bond donors (Lipinski definition) is 3. The highest BCUT2D eigenvalue weighted by Crippen LogP contribution is 2.31. The molecule has 3 amide bonds. The Morgan fingerprint density at radius 3 is 2.27 bits per heavy atom. The van der Waals surface area contributed by atoms with Crippen LogP contribution in [0.5, 0.6) is 0 Å². The van der Waals surface area contributed by atoms with Gasteiger partial charge in [-0.25, -0.2) is 4.98 Å². The quantitative estimate of drug-likeness (QED) is 0.100. The molecule has 226 valence electrons. The highest BCUT2D eigenvalue weighted by atomic mass is 35.5. The number of aromatic nitrogens is 1.